The molecule has 4 nitrogen and oxygen atoms in total. The Balaban J connectivity index is 1.28. The van der Waals surface area contributed by atoms with E-state index in [9.17, 15) is 0 Å². The first-order valence-electron chi connectivity index (χ1n) is 15.0. The van der Waals surface area contributed by atoms with Gasteiger partial charge in [0.15, 0.2) is 17.5 Å². The molecule has 0 bridgehead atoms. The van der Waals surface area contributed by atoms with Gasteiger partial charge in [-0.15, -0.1) is 0 Å². The van der Waals surface area contributed by atoms with E-state index >= 15 is 0 Å². The fourth-order valence-electron chi connectivity index (χ4n) is 6.40. The molecule has 0 N–H and O–H groups in total. The maximum atomic E-state index is 6.41. The van der Waals surface area contributed by atoms with Crippen LogP contribution in [0.15, 0.2) is 156 Å². The zero-order valence-corrected chi connectivity index (χ0v) is 24.2. The van der Waals surface area contributed by atoms with Crippen LogP contribution in [0.1, 0.15) is 0 Å². The van der Waals surface area contributed by atoms with Crippen molar-refractivity contribution in [1.82, 2.24) is 15.0 Å². The van der Waals surface area contributed by atoms with Gasteiger partial charge in [0.2, 0.25) is 0 Å². The molecular weight excluding hydrogens is 550 g/mol. The number of nitrogens with zero attached hydrogens (tertiary/aromatic N) is 3. The highest BCUT2D eigenvalue weighted by atomic mass is 16.3. The monoisotopic (exact) mass is 575 g/mol. The molecule has 45 heavy (non-hydrogen) atoms. The number of rotatable bonds is 4. The van der Waals surface area contributed by atoms with Crippen molar-refractivity contribution in [2.45, 2.75) is 0 Å². The van der Waals surface area contributed by atoms with E-state index in [1.807, 2.05) is 72.8 Å². The van der Waals surface area contributed by atoms with Crippen LogP contribution in [-0.2, 0) is 0 Å². The van der Waals surface area contributed by atoms with E-state index in [0.29, 0.717) is 17.5 Å². The van der Waals surface area contributed by atoms with Gasteiger partial charge in [0.25, 0.3) is 0 Å². The highest BCUT2D eigenvalue weighted by Gasteiger charge is 2.18. The van der Waals surface area contributed by atoms with Crippen LogP contribution in [0, 0.1) is 0 Å². The fraction of sp³-hybridized carbons (Fsp3) is 0. The average Bonchev–Trinajstić information content (AvgIpc) is 3.50. The number of hydrogen-bond donors (Lipinski definition) is 0. The summed E-state index contributed by atoms with van der Waals surface area (Å²) in [5, 5.41) is 6.98. The molecule has 0 saturated carbocycles. The summed E-state index contributed by atoms with van der Waals surface area (Å²) in [6, 6.07) is 52.2. The van der Waals surface area contributed by atoms with Crippen molar-refractivity contribution in [1.29, 1.82) is 0 Å². The largest absolute Gasteiger partial charge is 0.456 e. The van der Waals surface area contributed by atoms with Crippen LogP contribution in [0.2, 0.25) is 0 Å². The van der Waals surface area contributed by atoms with Crippen molar-refractivity contribution >= 4 is 43.5 Å². The molecule has 210 valence electrons. The van der Waals surface area contributed by atoms with Gasteiger partial charge in [0, 0.05) is 27.5 Å². The highest BCUT2D eigenvalue weighted by molar-refractivity contribution is 6.15. The second-order valence-corrected chi connectivity index (χ2v) is 11.2. The molecule has 9 aromatic rings. The lowest BCUT2D eigenvalue weighted by Crippen LogP contribution is -2.00. The molecular formula is C41H25N3O. The van der Waals surface area contributed by atoms with E-state index in [4.69, 9.17) is 19.4 Å². The molecule has 0 spiro atoms. The van der Waals surface area contributed by atoms with Gasteiger partial charge in [-0.3, -0.25) is 0 Å². The Morgan fingerprint density at radius 1 is 0.356 bits per heavy atom. The summed E-state index contributed by atoms with van der Waals surface area (Å²) in [7, 11) is 0. The first-order chi connectivity index (χ1) is 22.3. The first-order valence-corrected chi connectivity index (χ1v) is 15.0. The minimum Gasteiger partial charge on any atom is -0.456 e. The number of furan rings is 1. The van der Waals surface area contributed by atoms with Gasteiger partial charge in [-0.25, -0.2) is 15.0 Å². The van der Waals surface area contributed by atoms with Gasteiger partial charge in [0.05, 0.1) is 0 Å². The lowest BCUT2D eigenvalue weighted by atomic mass is 9.94. The topological polar surface area (TPSA) is 51.8 Å². The normalized spacial score (nSPS) is 11.6. The zero-order valence-electron chi connectivity index (χ0n) is 24.2. The predicted molar refractivity (Wildman–Crippen MR) is 184 cm³/mol. The molecule has 0 atom stereocenters. The van der Waals surface area contributed by atoms with Crippen LogP contribution in [0.5, 0.6) is 0 Å². The summed E-state index contributed by atoms with van der Waals surface area (Å²) >= 11 is 0. The molecule has 0 unspecified atom stereocenters. The quantitative estimate of drug-likeness (QED) is 0.196. The average molecular weight is 576 g/mol. The SMILES string of the molecule is c1ccc(-c2nc(-c3ccccc3)nc(-c3cccc4oc5ccc(-c6cccc7c6ccc6ccccc67)cc5c34)n2)cc1. The van der Waals surface area contributed by atoms with Gasteiger partial charge in [0.1, 0.15) is 11.2 Å². The summed E-state index contributed by atoms with van der Waals surface area (Å²) in [4.78, 5) is 14.9. The van der Waals surface area contributed by atoms with Crippen molar-refractivity contribution in [3.8, 4) is 45.3 Å². The van der Waals surface area contributed by atoms with E-state index in [0.717, 1.165) is 44.2 Å². The summed E-state index contributed by atoms with van der Waals surface area (Å²) in [5.41, 5.74) is 6.72. The third kappa shape index (κ3) is 4.27. The number of fused-ring (bicyclic) bond motifs is 6. The van der Waals surface area contributed by atoms with Crippen molar-refractivity contribution in [2.24, 2.45) is 0 Å². The Hall–Kier alpha value is -6.13. The summed E-state index contributed by atoms with van der Waals surface area (Å²) in [6.45, 7) is 0. The first kappa shape index (κ1) is 25.4. The Morgan fingerprint density at radius 3 is 1.78 bits per heavy atom. The zero-order chi connectivity index (χ0) is 29.7. The molecule has 0 aliphatic carbocycles. The summed E-state index contributed by atoms with van der Waals surface area (Å²) < 4.78 is 6.41. The summed E-state index contributed by atoms with van der Waals surface area (Å²) in [6.07, 6.45) is 0. The van der Waals surface area contributed by atoms with Gasteiger partial charge in [-0.2, -0.15) is 0 Å². The van der Waals surface area contributed by atoms with Gasteiger partial charge < -0.3 is 4.42 Å². The van der Waals surface area contributed by atoms with Gasteiger partial charge in [-0.05, 0) is 50.9 Å². The Labute approximate surface area is 259 Å². The van der Waals surface area contributed by atoms with Crippen LogP contribution < -0.4 is 0 Å². The van der Waals surface area contributed by atoms with Crippen molar-refractivity contribution in [2.75, 3.05) is 0 Å². The van der Waals surface area contributed by atoms with E-state index < -0.39 is 0 Å². The molecule has 0 aliphatic heterocycles. The molecule has 0 radical (unpaired) electrons. The second kappa shape index (κ2) is 10.2. The smallest absolute Gasteiger partial charge is 0.164 e. The third-order valence-corrected chi connectivity index (χ3v) is 8.53. The van der Waals surface area contributed by atoms with Gasteiger partial charge in [-0.1, -0.05) is 133 Å². The lowest BCUT2D eigenvalue weighted by Gasteiger charge is -2.10. The molecule has 0 amide bonds. The van der Waals surface area contributed by atoms with Crippen LogP contribution in [0.3, 0.4) is 0 Å². The third-order valence-electron chi connectivity index (χ3n) is 8.53. The maximum absolute atomic E-state index is 6.41. The Bertz CT molecular complexity index is 2480. The van der Waals surface area contributed by atoms with Crippen LogP contribution >= 0.6 is 0 Å². The van der Waals surface area contributed by atoms with E-state index in [1.165, 1.54) is 27.1 Å². The van der Waals surface area contributed by atoms with E-state index in [2.05, 4.69) is 78.9 Å². The van der Waals surface area contributed by atoms with E-state index in [1.54, 1.807) is 0 Å². The summed E-state index contributed by atoms with van der Waals surface area (Å²) in [5.74, 6) is 1.87. The van der Waals surface area contributed by atoms with Crippen molar-refractivity contribution in [3.05, 3.63) is 152 Å². The van der Waals surface area contributed by atoms with Crippen LogP contribution in [0.25, 0.3) is 88.8 Å². The molecule has 0 saturated heterocycles. The molecule has 2 aromatic heterocycles. The van der Waals surface area contributed by atoms with E-state index in [-0.39, 0.29) is 0 Å². The molecule has 9 rings (SSSR count). The number of benzene rings is 7. The molecule has 0 fully saturated rings. The second-order valence-electron chi connectivity index (χ2n) is 11.2. The maximum Gasteiger partial charge on any atom is 0.164 e. The number of aromatic nitrogens is 3. The van der Waals surface area contributed by atoms with Crippen molar-refractivity contribution < 1.29 is 4.42 Å². The van der Waals surface area contributed by atoms with Crippen molar-refractivity contribution in [3.63, 3.8) is 0 Å². The fourth-order valence-corrected chi connectivity index (χ4v) is 6.40. The van der Waals surface area contributed by atoms with Gasteiger partial charge >= 0.3 is 0 Å². The Morgan fingerprint density at radius 2 is 1.00 bits per heavy atom. The molecule has 4 heteroatoms. The lowest BCUT2D eigenvalue weighted by molar-refractivity contribution is 0.669. The Kier molecular flexibility index (Phi) is 5.78. The molecule has 0 aliphatic rings. The minimum atomic E-state index is 0.609. The molecule has 7 aromatic carbocycles. The van der Waals surface area contributed by atoms with Crippen LogP contribution in [-0.4, -0.2) is 15.0 Å². The molecule has 2 heterocycles. The van der Waals surface area contributed by atoms with Crippen LogP contribution in [0.4, 0.5) is 0 Å². The number of hydrogen-bond acceptors (Lipinski definition) is 4. The predicted octanol–water partition coefficient (Wildman–Crippen LogP) is 10.7. The standard InChI is InChI=1S/C41H25N3O/c1-3-12-27(13-4-1)39-42-40(28-14-5-2-6-15-28)44-41(43-39)34-19-10-20-37-38(34)35-25-29(22-24-36(35)45-37)31-17-9-18-32-30-16-8-7-11-26(30)21-23-33(31)32/h1-25H. The highest BCUT2D eigenvalue weighted by Crippen LogP contribution is 2.40. The minimum absolute atomic E-state index is 0.609.